The second-order valence-electron chi connectivity index (χ2n) is 6.46. The highest BCUT2D eigenvalue weighted by Crippen LogP contribution is 2.23. The lowest BCUT2D eigenvalue weighted by molar-refractivity contribution is 0.601. The predicted octanol–water partition coefficient (Wildman–Crippen LogP) is 7.82. The lowest BCUT2D eigenvalue weighted by Crippen LogP contribution is -1.92. The quantitative estimate of drug-likeness (QED) is 0.225. The summed E-state index contributed by atoms with van der Waals surface area (Å²) < 4.78 is 0. The van der Waals surface area contributed by atoms with Crippen LogP contribution in [0.3, 0.4) is 0 Å². The summed E-state index contributed by atoms with van der Waals surface area (Å²) in [6, 6.07) is 0. The Morgan fingerprint density at radius 1 is 0.500 bits per heavy atom. The molecule has 0 spiro atoms. The summed E-state index contributed by atoms with van der Waals surface area (Å²) in [7, 11) is 0. The Kier molecular flexibility index (Phi) is 14.9. The Labute approximate surface area is 129 Å². The first kappa shape index (κ1) is 19.7. The molecule has 0 N–H and O–H groups in total. The second kappa shape index (κ2) is 15.1. The molecule has 0 rings (SSSR count). The summed E-state index contributed by atoms with van der Waals surface area (Å²) in [5.74, 6) is 0. The largest absolute Gasteiger partial charge is 0.0741 e. The van der Waals surface area contributed by atoms with Crippen LogP contribution in [-0.4, -0.2) is 0 Å². The van der Waals surface area contributed by atoms with E-state index >= 15 is 0 Å². The molecule has 0 fully saturated rings. The van der Waals surface area contributed by atoms with Crippen molar-refractivity contribution in [3.8, 4) is 0 Å². The Morgan fingerprint density at radius 2 is 0.950 bits per heavy atom. The topological polar surface area (TPSA) is 0 Å². The van der Waals surface area contributed by atoms with Gasteiger partial charge in [-0.15, -0.1) is 0 Å². The fourth-order valence-electron chi connectivity index (χ4n) is 2.88. The van der Waals surface area contributed by atoms with E-state index in [4.69, 9.17) is 0 Å². The van der Waals surface area contributed by atoms with Crippen LogP contribution in [0.2, 0.25) is 0 Å². The zero-order chi connectivity index (χ0) is 15.1. The molecule has 0 heteroatoms. The molecule has 120 valence electrons. The number of allylic oxidation sites excluding steroid dienone is 2. The summed E-state index contributed by atoms with van der Waals surface area (Å²) in [5.41, 5.74) is 3.53. The molecule has 0 unspecified atom stereocenters. The van der Waals surface area contributed by atoms with Crippen molar-refractivity contribution in [2.24, 2.45) is 0 Å². The molecule has 0 bridgehead atoms. The van der Waals surface area contributed by atoms with E-state index in [9.17, 15) is 0 Å². The lowest BCUT2D eigenvalue weighted by Gasteiger charge is -2.12. The van der Waals surface area contributed by atoms with Crippen LogP contribution < -0.4 is 0 Å². The fraction of sp³-hybridized carbons (Fsp3) is 0.900. The Morgan fingerprint density at radius 3 is 1.60 bits per heavy atom. The van der Waals surface area contributed by atoms with Gasteiger partial charge >= 0.3 is 0 Å². The molecule has 0 radical (unpaired) electrons. The summed E-state index contributed by atoms with van der Waals surface area (Å²) in [5, 5.41) is 0. The molecule has 20 heavy (non-hydrogen) atoms. The highest BCUT2D eigenvalue weighted by atomic mass is 14.1. The van der Waals surface area contributed by atoms with Crippen molar-refractivity contribution in [2.45, 2.75) is 118 Å². The van der Waals surface area contributed by atoms with Gasteiger partial charge in [0.2, 0.25) is 0 Å². The van der Waals surface area contributed by atoms with E-state index in [1.807, 2.05) is 0 Å². The fourth-order valence-corrected chi connectivity index (χ4v) is 2.88. The second-order valence-corrected chi connectivity index (χ2v) is 6.46. The van der Waals surface area contributed by atoms with Gasteiger partial charge in [0.15, 0.2) is 0 Å². The predicted molar refractivity (Wildman–Crippen MR) is 94.4 cm³/mol. The maximum atomic E-state index is 2.41. The van der Waals surface area contributed by atoms with Crippen molar-refractivity contribution in [1.29, 1.82) is 0 Å². The molecule has 0 saturated carbocycles. The van der Waals surface area contributed by atoms with Crippen molar-refractivity contribution in [3.63, 3.8) is 0 Å². The Bertz CT molecular complexity index is 224. The number of unbranched alkanes of at least 4 members (excludes halogenated alkanes) is 8. The third-order valence-corrected chi connectivity index (χ3v) is 4.42. The van der Waals surface area contributed by atoms with E-state index in [0.717, 1.165) is 0 Å². The minimum atomic E-state index is 1.33. The molecule has 0 aromatic rings. The highest BCUT2D eigenvalue weighted by Gasteiger charge is 2.03. The first-order valence-electron chi connectivity index (χ1n) is 9.43. The standard InChI is InChI=1S/C20H40/c1-5-8-11-12-13-15-16-19(4)20(17-10-7-3)18-14-9-6-2/h5-18H2,1-4H3. The van der Waals surface area contributed by atoms with E-state index in [0.29, 0.717) is 0 Å². The summed E-state index contributed by atoms with van der Waals surface area (Å²) in [6.45, 7) is 9.32. The van der Waals surface area contributed by atoms with Crippen LogP contribution in [0.25, 0.3) is 0 Å². The summed E-state index contributed by atoms with van der Waals surface area (Å²) in [4.78, 5) is 0. The zero-order valence-electron chi connectivity index (χ0n) is 14.9. The monoisotopic (exact) mass is 280 g/mol. The van der Waals surface area contributed by atoms with Gasteiger partial charge < -0.3 is 0 Å². The number of hydrogen-bond donors (Lipinski definition) is 0. The van der Waals surface area contributed by atoms with E-state index < -0.39 is 0 Å². The van der Waals surface area contributed by atoms with Gasteiger partial charge in [-0.3, -0.25) is 0 Å². The highest BCUT2D eigenvalue weighted by molar-refractivity contribution is 5.12. The lowest BCUT2D eigenvalue weighted by atomic mass is 9.94. The van der Waals surface area contributed by atoms with E-state index in [1.165, 1.54) is 89.9 Å². The van der Waals surface area contributed by atoms with Crippen LogP contribution in [0.15, 0.2) is 11.1 Å². The van der Waals surface area contributed by atoms with Crippen LogP contribution in [0.1, 0.15) is 118 Å². The minimum absolute atomic E-state index is 1.33. The first-order valence-corrected chi connectivity index (χ1v) is 9.43. The molecular formula is C20H40. The maximum absolute atomic E-state index is 2.41. The third-order valence-electron chi connectivity index (χ3n) is 4.42. The van der Waals surface area contributed by atoms with Gasteiger partial charge in [0.1, 0.15) is 0 Å². The molecule has 0 aromatic carbocycles. The van der Waals surface area contributed by atoms with Crippen LogP contribution in [0.5, 0.6) is 0 Å². The molecule has 0 amide bonds. The van der Waals surface area contributed by atoms with E-state index in [2.05, 4.69) is 27.7 Å². The molecule has 0 aromatic heterocycles. The maximum Gasteiger partial charge on any atom is -0.0318 e. The van der Waals surface area contributed by atoms with Crippen molar-refractivity contribution in [3.05, 3.63) is 11.1 Å². The van der Waals surface area contributed by atoms with Gasteiger partial charge in [-0.2, -0.15) is 0 Å². The molecule has 0 aliphatic heterocycles. The van der Waals surface area contributed by atoms with Crippen molar-refractivity contribution in [1.82, 2.24) is 0 Å². The van der Waals surface area contributed by atoms with Gasteiger partial charge in [0, 0.05) is 0 Å². The van der Waals surface area contributed by atoms with Crippen LogP contribution in [0.4, 0.5) is 0 Å². The minimum Gasteiger partial charge on any atom is -0.0741 e. The smallest absolute Gasteiger partial charge is 0.0318 e. The molecule has 0 saturated heterocycles. The molecule has 0 atom stereocenters. The molecule has 0 aliphatic rings. The zero-order valence-corrected chi connectivity index (χ0v) is 14.9. The van der Waals surface area contributed by atoms with Crippen LogP contribution >= 0.6 is 0 Å². The SMILES string of the molecule is CCCCCCCCC(C)=C(CCCC)CCCCC. The van der Waals surface area contributed by atoms with Gasteiger partial charge in [-0.25, -0.2) is 0 Å². The van der Waals surface area contributed by atoms with Crippen LogP contribution in [0, 0.1) is 0 Å². The molecule has 0 heterocycles. The first-order chi connectivity index (χ1) is 9.76. The average molecular weight is 281 g/mol. The normalized spacial score (nSPS) is 12.6. The van der Waals surface area contributed by atoms with Crippen molar-refractivity contribution in [2.75, 3.05) is 0 Å². The van der Waals surface area contributed by atoms with Gasteiger partial charge in [0.05, 0.1) is 0 Å². The van der Waals surface area contributed by atoms with Crippen LogP contribution in [-0.2, 0) is 0 Å². The molecular weight excluding hydrogens is 240 g/mol. The molecule has 0 nitrogen and oxygen atoms in total. The summed E-state index contributed by atoms with van der Waals surface area (Å²) >= 11 is 0. The average Bonchev–Trinajstić information content (AvgIpc) is 2.46. The Hall–Kier alpha value is -0.260. The van der Waals surface area contributed by atoms with Crippen molar-refractivity contribution < 1.29 is 0 Å². The van der Waals surface area contributed by atoms with E-state index in [-0.39, 0.29) is 0 Å². The van der Waals surface area contributed by atoms with Crippen molar-refractivity contribution >= 4 is 0 Å². The van der Waals surface area contributed by atoms with E-state index in [1.54, 1.807) is 11.1 Å². The summed E-state index contributed by atoms with van der Waals surface area (Å²) in [6.07, 6.45) is 19.5. The third kappa shape index (κ3) is 11.6. The Balaban J connectivity index is 3.99. The number of hydrogen-bond acceptors (Lipinski definition) is 0. The molecule has 0 aliphatic carbocycles. The number of rotatable bonds is 14. The van der Waals surface area contributed by atoms with Gasteiger partial charge in [0.25, 0.3) is 0 Å². The van der Waals surface area contributed by atoms with Gasteiger partial charge in [-0.05, 0) is 45.4 Å². The van der Waals surface area contributed by atoms with Gasteiger partial charge in [-0.1, -0.05) is 83.3 Å².